The number of aliphatic hydroxyl groups excluding tert-OH is 1. The summed E-state index contributed by atoms with van der Waals surface area (Å²) in [4.78, 5) is 4.88. The zero-order valence-corrected chi connectivity index (χ0v) is 14.4. The predicted octanol–water partition coefficient (Wildman–Crippen LogP) is 2.82. The van der Waals surface area contributed by atoms with Gasteiger partial charge in [0, 0.05) is 44.1 Å². The van der Waals surface area contributed by atoms with Crippen LogP contribution in [0, 0.1) is 6.92 Å². The molecule has 3 N–H and O–H groups in total. The van der Waals surface area contributed by atoms with Crippen LogP contribution in [0.4, 0.5) is 11.4 Å². The highest BCUT2D eigenvalue weighted by molar-refractivity contribution is 5.48. The minimum absolute atomic E-state index is 0.416. The van der Waals surface area contributed by atoms with Crippen molar-refractivity contribution in [2.24, 2.45) is 0 Å². The van der Waals surface area contributed by atoms with Gasteiger partial charge in [0.05, 0.1) is 6.10 Å². The van der Waals surface area contributed by atoms with Crippen LogP contribution in [0.15, 0.2) is 48.5 Å². The number of rotatable bonds is 5. The molecule has 0 aromatic heterocycles. The molecular weight excluding hydrogens is 298 g/mol. The molecule has 1 fully saturated rings. The molecule has 2 aromatic rings. The highest BCUT2D eigenvalue weighted by Gasteiger charge is 2.18. The van der Waals surface area contributed by atoms with Crippen LogP contribution in [-0.2, 0) is 0 Å². The molecule has 0 aliphatic carbocycles. The number of nitrogens with zero attached hydrogens (tertiary/aromatic N) is 2. The number of hydrogen-bond donors (Lipinski definition) is 2. The Hall–Kier alpha value is -2.04. The van der Waals surface area contributed by atoms with Crippen LogP contribution in [0.5, 0.6) is 0 Å². The molecule has 0 spiro atoms. The lowest BCUT2D eigenvalue weighted by Crippen LogP contribution is -2.46. The van der Waals surface area contributed by atoms with E-state index in [1.807, 2.05) is 24.3 Å². The maximum atomic E-state index is 10.3. The monoisotopic (exact) mass is 325 g/mol. The molecule has 1 atom stereocenters. The van der Waals surface area contributed by atoms with E-state index in [0.29, 0.717) is 0 Å². The van der Waals surface area contributed by atoms with Gasteiger partial charge in [0.15, 0.2) is 0 Å². The molecule has 2 aromatic carbocycles. The molecule has 1 aliphatic heterocycles. The standard InChI is InChI=1S/C20H27N3O/c1-16-3-2-4-19(15-16)23-13-11-22(12-14-23)10-9-20(24)17-5-7-18(21)8-6-17/h2-8,15,20,24H,9-14,21H2,1H3. The first-order chi connectivity index (χ1) is 11.6. The number of piperazine rings is 1. The summed E-state index contributed by atoms with van der Waals surface area (Å²) in [7, 11) is 0. The van der Waals surface area contributed by atoms with Crippen molar-refractivity contribution < 1.29 is 5.11 Å². The van der Waals surface area contributed by atoms with Crippen LogP contribution in [0.25, 0.3) is 0 Å². The Morgan fingerprint density at radius 2 is 1.75 bits per heavy atom. The van der Waals surface area contributed by atoms with Crippen molar-refractivity contribution in [3.05, 3.63) is 59.7 Å². The van der Waals surface area contributed by atoms with E-state index in [1.165, 1.54) is 11.3 Å². The van der Waals surface area contributed by atoms with Crippen LogP contribution < -0.4 is 10.6 Å². The van der Waals surface area contributed by atoms with Gasteiger partial charge >= 0.3 is 0 Å². The summed E-state index contributed by atoms with van der Waals surface area (Å²) in [5.41, 5.74) is 10.00. The van der Waals surface area contributed by atoms with Gasteiger partial charge < -0.3 is 15.7 Å². The van der Waals surface area contributed by atoms with E-state index >= 15 is 0 Å². The first kappa shape index (κ1) is 16.8. The first-order valence-corrected chi connectivity index (χ1v) is 8.69. The largest absolute Gasteiger partial charge is 0.399 e. The van der Waals surface area contributed by atoms with Crippen molar-refractivity contribution in [1.29, 1.82) is 0 Å². The molecule has 1 aliphatic rings. The predicted molar refractivity (Wildman–Crippen MR) is 100 cm³/mol. The summed E-state index contributed by atoms with van der Waals surface area (Å²) < 4.78 is 0. The van der Waals surface area contributed by atoms with E-state index in [-0.39, 0.29) is 0 Å². The van der Waals surface area contributed by atoms with Gasteiger partial charge in [-0.25, -0.2) is 0 Å². The molecule has 1 heterocycles. The average molecular weight is 325 g/mol. The van der Waals surface area contributed by atoms with Crippen molar-refractivity contribution >= 4 is 11.4 Å². The Kier molecular flexibility index (Phi) is 5.38. The number of nitrogens with two attached hydrogens (primary N) is 1. The Labute approximate surface area is 144 Å². The summed E-state index contributed by atoms with van der Waals surface area (Å²) in [5, 5.41) is 10.3. The van der Waals surface area contributed by atoms with Gasteiger partial charge in [-0.1, -0.05) is 24.3 Å². The van der Waals surface area contributed by atoms with E-state index in [2.05, 4.69) is 41.0 Å². The third kappa shape index (κ3) is 4.28. The molecule has 3 rings (SSSR count). The van der Waals surface area contributed by atoms with Gasteiger partial charge in [-0.3, -0.25) is 4.90 Å². The lowest BCUT2D eigenvalue weighted by molar-refractivity contribution is 0.139. The smallest absolute Gasteiger partial charge is 0.0802 e. The molecule has 24 heavy (non-hydrogen) atoms. The average Bonchev–Trinajstić information content (AvgIpc) is 2.61. The number of hydrogen-bond acceptors (Lipinski definition) is 4. The number of benzene rings is 2. The summed E-state index contributed by atoms with van der Waals surface area (Å²) in [6.07, 6.45) is 0.342. The number of aryl methyl sites for hydroxylation is 1. The molecule has 0 bridgehead atoms. The summed E-state index contributed by atoms with van der Waals surface area (Å²) >= 11 is 0. The molecule has 1 saturated heterocycles. The SMILES string of the molecule is Cc1cccc(N2CCN(CCC(O)c3ccc(N)cc3)CC2)c1. The molecule has 4 heteroatoms. The molecule has 128 valence electrons. The second kappa shape index (κ2) is 7.69. The van der Waals surface area contributed by atoms with Crippen molar-refractivity contribution in [2.45, 2.75) is 19.4 Å². The third-order valence-corrected chi connectivity index (χ3v) is 4.78. The van der Waals surface area contributed by atoms with E-state index in [4.69, 9.17) is 5.73 Å². The van der Waals surface area contributed by atoms with Gasteiger partial charge in [-0.15, -0.1) is 0 Å². The van der Waals surface area contributed by atoms with Crippen LogP contribution >= 0.6 is 0 Å². The first-order valence-electron chi connectivity index (χ1n) is 8.69. The van der Waals surface area contributed by atoms with E-state index < -0.39 is 6.10 Å². The van der Waals surface area contributed by atoms with Crippen molar-refractivity contribution in [1.82, 2.24) is 4.90 Å². The zero-order valence-electron chi connectivity index (χ0n) is 14.4. The van der Waals surface area contributed by atoms with Gasteiger partial charge in [0.2, 0.25) is 0 Å². The maximum absolute atomic E-state index is 10.3. The number of nitrogen functional groups attached to an aromatic ring is 1. The normalized spacial score (nSPS) is 17.0. The zero-order chi connectivity index (χ0) is 16.9. The fraction of sp³-hybridized carbons (Fsp3) is 0.400. The van der Waals surface area contributed by atoms with Crippen molar-refractivity contribution in [3.63, 3.8) is 0 Å². The van der Waals surface area contributed by atoms with E-state index in [0.717, 1.165) is 50.4 Å². The van der Waals surface area contributed by atoms with Gasteiger partial charge in [-0.2, -0.15) is 0 Å². The number of anilines is 2. The lowest BCUT2D eigenvalue weighted by atomic mass is 10.1. The highest BCUT2D eigenvalue weighted by Crippen LogP contribution is 2.20. The molecule has 4 nitrogen and oxygen atoms in total. The van der Waals surface area contributed by atoms with Crippen LogP contribution in [0.2, 0.25) is 0 Å². The second-order valence-electron chi connectivity index (χ2n) is 6.64. The molecule has 0 amide bonds. The Balaban J connectivity index is 1.46. The minimum Gasteiger partial charge on any atom is -0.399 e. The highest BCUT2D eigenvalue weighted by atomic mass is 16.3. The second-order valence-corrected chi connectivity index (χ2v) is 6.64. The summed E-state index contributed by atoms with van der Waals surface area (Å²) in [6, 6.07) is 16.2. The third-order valence-electron chi connectivity index (χ3n) is 4.78. The van der Waals surface area contributed by atoms with Crippen LogP contribution in [0.1, 0.15) is 23.7 Å². The van der Waals surface area contributed by atoms with Gasteiger partial charge in [0.25, 0.3) is 0 Å². The fourth-order valence-electron chi connectivity index (χ4n) is 3.24. The van der Waals surface area contributed by atoms with E-state index in [1.54, 1.807) is 0 Å². The van der Waals surface area contributed by atoms with Crippen molar-refractivity contribution in [3.8, 4) is 0 Å². The Morgan fingerprint density at radius 1 is 1.04 bits per heavy atom. The molecule has 1 unspecified atom stereocenters. The minimum atomic E-state index is -0.416. The topological polar surface area (TPSA) is 52.7 Å². The maximum Gasteiger partial charge on any atom is 0.0802 e. The van der Waals surface area contributed by atoms with Gasteiger partial charge in [0.1, 0.15) is 0 Å². The summed E-state index contributed by atoms with van der Waals surface area (Å²) in [6.45, 7) is 7.24. The van der Waals surface area contributed by atoms with Crippen LogP contribution in [0.3, 0.4) is 0 Å². The lowest BCUT2D eigenvalue weighted by Gasteiger charge is -2.36. The van der Waals surface area contributed by atoms with Gasteiger partial charge in [-0.05, 0) is 48.7 Å². The Morgan fingerprint density at radius 3 is 2.42 bits per heavy atom. The quantitative estimate of drug-likeness (QED) is 0.830. The van der Waals surface area contributed by atoms with Crippen molar-refractivity contribution in [2.75, 3.05) is 43.4 Å². The fourth-order valence-corrected chi connectivity index (χ4v) is 3.24. The molecule has 0 saturated carbocycles. The van der Waals surface area contributed by atoms with E-state index in [9.17, 15) is 5.11 Å². The summed E-state index contributed by atoms with van der Waals surface area (Å²) in [5.74, 6) is 0. The molecular formula is C20H27N3O. The number of aliphatic hydroxyl groups is 1. The Bertz CT molecular complexity index is 648. The molecule has 0 radical (unpaired) electrons. The van der Waals surface area contributed by atoms with Crippen LogP contribution in [-0.4, -0.2) is 42.7 Å².